The van der Waals surface area contributed by atoms with Crippen LogP contribution in [0.15, 0.2) is 474 Å². The molecule has 128 heavy (non-hydrogen) atoms. The molecule has 8 heteroatoms. The van der Waals surface area contributed by atoms with E-state index in [0.717, 1.165) is 161 Å². The van der Waals surface area contributed by atoms with Crippen molar-refractivity contribution in [1.29, 1.82) is 0 Å². The smallest absolute Gasteiger partial charge is 0.143 e. The normalized spacial score (nSPS) is 11.8. The van der Waals surface area contributed by atoms with Crippen LogP contribution in [-0.2, 0) is 0 Å². The molecule has 0 bridgehead atoms. The molecule has 0 saturated heterocycles. The van der Waals surface area contributed by atoms with Crippen molar-refractivity contribution in [3.8, 4) is 78.1 Å². The Morgan fingerprint density at radius 1 is 0.180 bits per heavy atom. The van der Waals surface area contributed by atoms with E-state index in [4.69, 9.17) is 13.3 Å². The number of furan rings is 3. The van der Waals surface area contributed by atoms with Gasteiger partial charge in [0, 0.05) is 136 Å². The number of nitrogens with zero attached hydrogens (tertiary/aromatic N) is 4. The first-order valence-electron chi connectivity index (χ1n) is 43.5. The second kappa shape index (κ2) is 30.6. The van der Waals surface area contributed by atoms with Crippen LogP contribution < -0.4 is 9.80 Å². The zero-order valence-corrected chi connectivity index (χ0v) is 70.1. The van der Waals surface area contributed by atoms with E-state index in [-0.39, 0.29) is 0 Å². The van der Waals surface area contributed by atoms with E-state index in [1.807, 2.05) is 47.7 Å². The predicted molar refractivity (Wildman–Crippen MR) is 538 cm³/mol. The minimum absolute atomic E-state index is 0.898. The monoisotopic (exact) mass is 1650 g/mol. The van der Waals surface area contributed by atoms with Gasteiger partial charge in [0.1, 0.15) is 33.5 Å². The molecule has 0 fully saturated rings. The van der Waals surface area contributed by atoms with Crippen molar-refractivity contribution in [2.45, 2.75) is 0 Å². The molecule has 0 atom stereocenters. The summed E-state index contributed by atoms with van der Waals surface area (Å²) >= 11 is 1.87. The largest absolute Gasteiger partial charge is 0.455 e. The van der Waals surface area contributed by atoms with Crippen LogP contribution in [0.5, 0.6) is 0 Å². The van der Waals surface area contributed by atoms with Gasteiger partial charge in [0.05, 0.1) is 22.1 Å². The first kappa shape index (κ1) is 73.9. The standard InChI is InChI=1S/C60H38N2O2.C60H38N2OS/c2*1-5-22-55-49(14-1)50-15-2-6-23-56(50)62(55)46-13-9-12-42(38-46)39-26-32-43(33-27-39)61(44-34-28-40(29-35-44)47-18-10-20-53-51-16-3-7-24-57(51)63-59(47)53)45-36-30-41(31-37-45)48-19-11-21-54-52-17-4-8-25-58(52)64-60(48)54/h2*1-38H. The van der Waals surface area contributed by atoms with Gasteiger partial charge in [-0.2, -0.15) is 0 Å². The van der Waals surface area contributed by atoms with E-state index < -0.39 is 0 Å². The molecule has 0 aliphatic rings. The topological polar surface area (TPSA) is 55.8 Å². The van der Waals surface area contributed by atoms with Gasteiger partial charge >= 0.3 is 0 Å². The van der Waals surface area contributed by atoms with Crippen molar-refractivity contribution >= 4 is 175 Å². The van der Waals surface area contributed by atoms with Crippen molar-refractivity contribution in [2.24, 2.45) is 0 Å². The Morgan fingerprint density at radius 2 is 0.438 bits per heavy atom. The first-order valence-corrected chi connectivity index (χ1v) is 44.3. The van der Waals surface area contributed by atoms with Gasteiger partial charge in [0.15, 0.2) is 0 Å². The number of aromatic nitrogens is 2. The lowest BCUT2D eigenvalue weighted by Crippen LogP contribution is -2.09. The molecule has 20 aromatic carbocycles. The Kier molecular flexibility index (Phi) is 17.7. The summed E-state index contributed by atoms with van der Waals surface area (Å²) in [6.45, 7) is 0. The van der Waals surface area contributed by atoms with Crippen molar-refractivity contribution in [2.75, 3.05) is 9.80 Å². The third-order valence-electron chi connectivity index (χ3n) is 25.6. The highest BCUT2D eigenvalue weighted by Gasteiger charge is 2.23. The number of anilines is 6. The Balaban J connectivity index is 0.000000139. The third kappa shape index (κ3) is 12.6. The minimum atomic E-state index is 0.898. The van der Waals surface area contributed by atoms with Crippen molar-refractivity contribution in [3.63, 3.8) is 0 Å². The van der Waals surface area contributed by atoms with Gasteiger partial charge in [0.25, 0.3) is 0 Å². The fraction of sp³-hybridized carbons (Fsp3) is 0. The molecule has 26 aromatic rings. The molecule has 7 nitrogen and oxygen atoms in total. The summed E-state index contributed by atoms with van der Waals surface area (Å²) in [6, 6.07) is 165. The SMILES string of the molecule is c1cc(-c2ccc(N(c3ccc(-c4cccc5c4oc4ccccc45)cc3)c3ccc(-c4cccc5c4oc4ccccc45)cc3)cc2)cc(-n2c3ccccc3c3ccccc32)c1.c1cc(-c2ccc(N(c3ccc(-c4cccc5c4oc4ccccc45)cc3)c3ccc(-c4cccc5c4sc4ccccc45)cc3)cc2)cc(-n2c3ccccc3c3ccccc32)c1. The fourth-order valence-corrected chi connectivity index (χ4v) is 20.8. The summed E-state index contributed by atoms with van der Waals surface area (Å²) in [5, 5.41) is 14.4. The molecule has 26 rings (SSSR count). The molecule has 0 spiro atoms. The Hall–Kier alpha value is -16.8. The Labute approximate surface area is 741 Å². The summed E-state index contributed by atoms with van der Waals surface area (Å²) in [6.07, 6.45) is 0. The van der Waals surface area contributed by atoms with E-state index in [0.29, 0.717) is 0 Å². The maximum atomic E-state index is 6.45. The van der Waals surface area contributed by atoms with Gasteiger partial charge in [0.2, 0.25) is 0 Å². The zero-order chi connectivity index (χ0) is 84.3. The quantitative estimate of drug-likeness (QED) is 0.109. The highest BCUT2D eigenvalue weighted by molar-refractivity contribution is 7.26. The number of fused-ring (bicyclic) bond motifs is 18. The van der Waals surface area contributed by atoms with Crippen LogP contribution in [-0.4, -0.2) is 9.13 Å². The molecular weight excluding hydrogens is 1580 g/mol. The first-order chi connectivity index (χ1) is 63.5. The Morgan fingerprint density at radius 3 is 0.781 bits per heavy atom. The van der Waals surface area contributed by atoms with Gasteiger partial charge in [-0.3, -0.25) is 0 Å². The summed E-state index contributed by atoms with van der Waals surface area (Å²) < 4.78 is 26.7. The van der Waals surface area contributed by atoms with E-state index >= 15 is 0 Å². The van der Waals surface area contributed by atoms with Crippen LogP contribution in [0.2, 0.25) is 0 Å². The average Bonchev–Trinajstić information content (AvgIpc) is 1.61. The van der Waals surface area contributed by atoms with Crippen LogP contribution in [0, 0.1) is 0 Å². The molecule has 0 aliphatic heterocycles. The molecule has 600 valence electrons. The van der Waals surface area contributed by atoms with Crippen molar-refractivity contribution < 1.29 is 13.3 Å². The van der Waals surface area contributed by atoms with Crippen LogP contribution in [0.25, 0.3) is 208 Å². The Bertz CT molecular complexity index is 7880. The predicted octanol–water partition coefficient (Wildman–Crippen LogP) is 34.6. The van der Waals surface area contributed by atoms with Crippen LogP contribution in [0.1, 0.15) is 0 Å². The third-order valence-corrected chi connectivity index (χ3v) is 26.9. The molecule has 0 radical (unpaired) electrons. The van der Waals surface area contributed by atoms with Crippen LogP contribution in [0.4, 0.5) is 34.1 Å². The number of rotatable bonds is 14. The van der Waals surface area contributed by atoms with E-state index in [9.17, 15) is 0 Å². The van der Waals surface area contributed by atoms with E-state index in [1.54, 1.807) is 0 Å². The maximum absolute atomic E-state index is 6.45. The van der Waals surface area contributed by atoms with Crippen molar-refractivity contribution in [1.82, 2.24) is 9.13 Å². The van der Waals surface area contributed by atoms with Gasteiger partial charge in [-0.25, -0.2) is 0 Å². The number of thiophene rings is 1. The maximum Gasteiger partial charge on any atom is 0.143 e. The van der Waals surface area contributed by atoms with Gasteiger partial charge < -0.3 is 32.2 Å². The van der Waals surface area contributed by atoms with E-state index in [1.165, 1.54) is 80.5 Å². The molecule has 0 unspecified atom stereocenters. The second-order valence-electron chi connectivity index (χ2n) is 32.9. The lowest BCUT2D eigenvalue weighted by Gasteiger charge is -2.26. The van der Waals surface area contributed by atoms with Crippen LogP contribution in [0.3, 0.4) is 0 Å². The second-order valence-corrected chi connectivity index (χ2v) is 34.0. The van der Waals surface area contributed by atoms with Gasteiger partial charge in [-0.1, -0.05) is 315 Å². The minimum Gasteiger partial charge on any atom is -0.455 e. The zero-order valence-electron chi connectivity index (χ0n) is 69.3. The molecule has 6 aromatic heterocycles. The number of hydrogen-bond acceptors (Lipinski definition) is 6. The molecule has 0 aliphatic carbocycles. The highest BCUT2D eigenvalue weighted by atomic mass is 32.1. The number of benzene rings is 20. The van der Waals surface area contributed by atoms with Gasteiger partial charge in [-0.05, 0) is 196 Å². The van der Waals surface area contributed by atoms with Crippen LogP contribution >= 0.6 is 11.3 Å². The molecule has 0 amide bonds. The summed E-state index contributed by atoms with van der Waals surface area (Å²) in [4.78, 5) is 4.68. The van der Waals surface area contributed by atoms with Crippen molar-refractivity contribution in [3.05, 3.63) is 461 Å². The summed E-state index contributed by atoms with van der Waals surface area (Å²) in [7, 11) is 0. The molecular formula is C120H76N4O3S. The highest BCUT2D eigenvalue weighted by Crippen LogP contribution is 2.48. The molecule has 0 N–H and O–H groups in total. The lowest BCUT2D eigenvalue weighted by atomic mass is 10.0. The number of hydrogen-bond donors (Lipinski definition) is 0. The summed E-state index contributed by atoms with van der Waals surface area (Å²) in [5.41, 5.74) is 32.5. The average molecular weight is 1650 g/mol. The molecule has 0 saturated carbocycles. The number of para-hydroxylation sites is 10. The molecule has 6 heterocycles. The fourth-order valence-electron chi connectivity index (χ4n) is 19.6. The van der Waals surface area contributed by atoms with E-state index in [2.05, 4.69) is 444 Å². The summed E-state index contributed by atoms with van der Waals surface area (Å²) in [5.74, 6) is 0. The van der Waals surface area contributed by atoms with Gasteiger partial charge in [-0.15, -0.1) is 11.3 Å². The lowest BCUT2D eigenvalue weighted by molar-refractivity contribution is 0.669.